The van der Waals surface area contributed by atoms with Crippen LogP contribution in [0.25, 0.3) is 11.0 Å². The molecule has 8 nitrogen and oxygen atoms in total. The maximum absolute atomic E-state index is 15.2. The van der Waals surface area contributed by atoms with Gasteiger partial charge in [-0.05, 0) is 96.4 Å². The summed E-state index contributed by atoms with van der Waals surface area (Å²) in [6, 6.07) is 8.08. The topological polar surface area (TPSA) is 98.9 Å². The Labute approximate surface area is 290 Å². The Morgan fingerprint density at radius 3 is 2.34 bits per heavy atom. The second kappa shape index (κ2) is 12.0. The minimum atomic E-state index is -4.20. The first-order valence-electron chi connectivity index (χ1n) is 15.5. The highest BCUT2D eigenvalue weighted by Crippen LogP contribution is 2.68. The molecule has 1 N–H and O–H groups in total. The second-order valence-corrected chi connectivity index (χ2v) is 15.5. The van der Waals surface area contributed by atoms with E-state index in [1.165, 1.54) is 12.3 Å². The van der Waals surface area contributed by atoms with Crippen molar-refractivity contribution in [1.82, 2.24) is 24.1 Å². The Hall–Kier alpha value is -4.18. The van der Waals surface area contributed by atoms with E-state index in [4.69, 9.17) is 0 Å². The van der Waals surface area contributed by atoms with Crippen molar-refractivity contribution < 1.29 is 39.6 Å². The summed E-state index contributed by atoms with van der Waals surface area (Å²) in [6.07, 6.45) is -2.03. The van der Waals surface area contributed by atoms with Crippen molar-refractivity contribution in [3.05, 3.63) is 110 Å². The summed E-state index contributed by atoms with van der Waals surface area (Å²) >= 11 is 3.42. The van der Waals surface area contributed by atoms with Gasteiger partial charge in [0, 0.05) is 33.6 Å². The lowest BCUT2D eigenvalue weighted by Crippen LogP contribution is -2.35. The molecule has 0 aliphatic heterocycles. The highest BCUT2D eigenvalue weighted by atomic mass is 79.9. The zero-order valence-corrected chi connectivity index (χ0v) is 29.0. The van der Waals surface area contributed by atoms with Crippen LogP contribution in [0.15, 0.2) is 58.0 Å². The fourth-order valence-corrected chi connectivity index (χ4v) is 9.60. The van der Waals surface area contributed by atoms with Crippen LogP contribution in [0.3, 0.4) is 0 Å². The Kier molecular flexibility index (Phi) is 8.20. The first-order valence-corrected chi connectivity index (χ1v) is 17.7. The van der Waals surface area contributed by atoms with Gasteiger partial charge in [0.15, 0.2) is 5.65 Å². The average Bonchev–Trinajstić information content (AvgIpc) is 3.45. The van der Waals surface area contributed by atoms with Gasteiger partial charge in [0.2, 0.25) is 5.91 Å². The van der Waals surface area contributed by atoms with Gasteiger partial charge in [0.05, 0.1) is 16.6 Å². The molecular weight excluding hydrogens is 752 g/mol. The molecule has 0 saturated heterocycles. The first-order chi connectivity index (χ1) is 23.5. The van der Waals surface area contributed by atoms with Crippen LogP contribution in [-0.2, 0) is 33.7 Å². The van der Waals surface area contributed by atoms with Crippen LogP contribution in [0.5, 0.6) is 0 Å². The minimum absolute atomic E-state index is 0.0161. The molecule has 0 spiro atoms. The number of amides is 1. The Morgan fingerprint density at radius 2 is 1.70 bits per heavy atom. The average molecular weight is 781 g/mol. The number of hydrogen-bond acceptors (Lipinski definition) is 5. The lowest BCUT2D eigenvalue weighted by Gasteiger charge is -2.22. The van der Waals surface area contributed by atoms with Crippen LogP contribution in [-0.4, -0.2) is 33.1 Å². The van der Waals surface area contributed by atoms with Crippen LogP contribution in [0.1, 0.15) is 69.7 Å². The van der Waals surface area contributed by atoms with Crippen molar-refractivity contribution in [2.75, 3.05) is 0 Å². The smallest absolute Gasteiger partial charge is 0.293 e. The molecule has 1 amide bonds. The number of pyridine rings is 1. The van der Waals surface area contributed by atoms with Gasteiger partial charge in [-0.3, -0.25) is 9.48 Å². The first kappa shape index (κ1) is 34.3. The Bertz CT molecular complexity index is 2300. The highest BCUT2D eigenvalue weighted by molar-refractivity contribution is 9.10. The van der Waals surface area contributed by atoms with Crippen molar-refractivity contribution >= 4 is 42.9 Å². The van der Waals surface area contributed by atoms with Gasteiger partial charge in [0.1, 0.15) is 29.6 Å². The van der Waals surface area contributed by atoms with E-state index >= 15 is 8.78 Å². The molecule has 0 radical (unpaired) electrons. The van der Waals surface area contributed by atoms with E-state index in [2.05, 4.69) is 31.3 Å². The Balaban J connectivity index is 1.29. The number of alkyl halides is 4. The lowest BCUT2D eigenvalue weighted by atomic mass is 10.0. The number of rotatable bonds is 9. The minimum Gasteiger partial charge on any atom is -0.346 e. The number of benzene rings is 2. The third kappa shape index (κ3) is 5.69. The molecule has 5 aromatic rings. The zero-order chi connectivity index (χ0) is 36.0. The largest absolute Gasteiger partial charge is 0.346 e. The predicted molar refractivity (Wildman–Crippen MR) is 174 cm³/mol. The second-order valence-electron chi connectivity index (χ2n) is 12.9. The highest BCUT2D eigenvalue weighted by Gasteiger charge is 2.67. The third-order valence-corrected chi connectivity index (χ3v) is 11.8. The van der Waals surface area contributed by atoms with Crippen LogP contribution in [0.2, 0.25) is 0 Å². The van der Waals surface area contributed by atoms with E-state index < -0.39 is 75.7 Å². The molecule has 0 bridgehead atoms. The maximum atomic E-state index is 15.2. The molecule has 1 saturated carbocycles. The molecule has 2 aromatic carbocycles. The van der Waals surface area contributed by atoms with E-state index in [-0.39, 0.29) is 44.7 Å². The monoisotopic (exact) mass is 779 g/mol. The number of nitrogens with zero attached hydrogens (tertiary/aromatic N) is 4. The summed E-state index contributed by atoms with van der Waals surface area (Å²) < 4.78 is 116. The van der Waals surface area contributed by atoms with Gasteiger partial charge in [-0.1, -0.05) is 17.7 Å². The molecule has 0 unspecified atom stereocenters. The molecular formula is C34H28BrF6N5O3S. The van der Waals surface area contributed by atoms with Crippen molar-refractivity contribution in [3.63, 3.8) is 0 Å². The molecule has 50 heavy (non-hydrogen) atoms. The van der Waals surface area contributed by atoms with Gasteiger partial charge in [-0.25, -0.2) is 34.9 Å². The summed E-state index contributed by atoms with van der Waals surface area (Å²) in [5.41, 5.74) is 0.280. The van der Waals surface area contributed by atoms with Crippen molar-refractivity contribution in [2.24, 2.45) is 5.92 Å². The van der Waals surface area contributed by atoms with Gasteiger partial charge in [-0.15, -0.1) is 0 Å². The number of aromatic nitrogens is 4. The normalized spacial score (nSPS) is 18.4. The molecule has 16 heteroatoms. The van der Waals surface area contributed by atoms with E-state index in [1.54, 1.807) is 32.0 Å². The summed E-state index contributed by atoms with van der Waals surface area (Å²) in [4.78, 5) is 18.2. The van der Waals surface area contributed by atoms with Gasteiger partial charge in [0.25, 0.3) is 22.4 Å². The molecule has 3 atom stereocenters. The molecule has 7 rings (SSSR count). The van der Waals surface area contributed by atoms with Crippen LogP contribution >= 0.6 is 15.9 Å². The number of fused-ring (bicyclic) bond motifs is 4. The van der Waals surface area contributed by atoms with Gasteiger partial charge >= 0.3 is 0 Å². The van der Waals surface area contributed by atoms with Crippen molar-refractivity contribution in [1.29, 1.82) is 0 Å². The number of aryl methyl sites for hydroxylation is 3. The van der Waals surface area contributed by atoms with Crippen LogP contribution in [0.4, 0.5) is 26.3 Å². The van der Waals surface area contributed by atoms with E-state index in [0.717, 1.165) is 21.7 Å². The summed E-state index contributed by atoms with van der Waals surface area (Å²) in [5, 5.41) is 6.74. The number of halogens is 7. The zero-order valence-electron chi connectivity index (χ0n) is 26.6. The van der Waals surface area contributed by atoms with Gasteiger partial charge in [-0.2, -0.15) is 13.9 Å². The molecule has 3 aromatic heterocycles. The predicted octanol–water partition coefficient (Wildman–Crippen LogP) is 7.68. The lowest BCUT2D eigenvalue weighted by molar-refractivity contribution is -0.123. The van der Waals surface area contributed by atoms with Crippen molar-refractivity contribution in [3.8, 4) is 0 Å². The Morgan fingerprint density at radius 1 is 1.04 bits per heavy atom. The van der Waals surface area contributed by atoms with E-state index in [9.17, 15) is 30.8 Å². The number of nitrogens with one attached hydrogen (secondary N) is 1. The van der Waals surface area contributed by atoms with Crippen LogP contribution in [0, 0.1) is 38.3 Å². The van der Waals surface area contributed by atoms with E-state index in [1.807, 2.05) is 6.92 Å². The van der Waals surface area contributed by atoms with Crippen LogP contribution < -0.4 is 5.32 Å². The number of hydrogen-bond donors (Lipinski definition) is 1. The standard InChI is InChI=1S/C34H28BrF6N5O3S/c1-15-6-16(2)30(17(3)7-15)50(48,49)46-5-4-19-11-24(35)28(43-33(19)46)25(10-18-8-20(36)12-21(37)9-18)42-26(47)14-45-31-27(29(44-45)32(38)39)22-13-23(22)34(31,40)41/h4-9,11-12,22-23,25,32H,10,13-14H2,1-3H3,(H,42,47)/t22-,23+,25-/m0/s1. The maximum Gasteiger partial charge on any atom is 0.293 e. The van der Waals surface area contributed by atoms with Gasteiger partial charge < -0.3 is 5.32 Å². The number of carbonyl (C=O) groups excluding carboxylic acids is 1. The number of carbonyl (C=O) groups is 1. The molecule has 3 heterocycles. The quantitative estimate of drug-likeness (QED) is 0.155. The van der Waals surface area contributed by atoms with E-state index in [0.29, 0.717) is 27.3 Å². The third-order valence-electron chi connectivity index (χ3n) is 9.22. The summed E-state index contributed by atoms with van der Waals surface area (Å²) in [7, 11) is -4.20. The SMILES string of the molecule is Cc1cc(C)c(S(=O)(=O)n2ccc3cc(Br)c([C@H](Cc4cc(F)cc(F)c4)NC(=O)Cn4nc(C(F)F)c5c4C(F)(F)[C@@H]4C[C@H]54)nc32)c(C)c1. The fraction of sp³-hybridized carbons (Fsp3) is 0.324. The molecule has 2 aliphatic carbocycles. The molecule has 2 aliphatic rings. The fourth-order valence-electron chi connectivity index (χ4n) is 7.27. The summed E-state index contributed by atoms with van der Waals surface area (Å²) in [5.74, 6) is -8.09. The molecule has 1 fully saturated rings. The summed E-state index contributed by atoms with van der Waals surface area (Å²) in [6.45, 7) is 4.33. The van der Waals surface area contributed by atoms with Crippen molar-refractivity contribution in [2.45, 2.75) is 69.4 Å². The molecule has 262 valence electrons.